The van der Waals surface area contributed by atoms with Gasteiger partial charge in [0.05, 0.1) is 11.2 Å². The molecular formula is C21H28ClN5O3. The first kappa shape index (κ1) is 22.1. The van der Waals surface area contributed by atoms with Crippen molar-refractivity contribution in [1.29, 1.82) is 0 Å². The smallest absolute Gasteiger partial charge is 0.407 e. The summed E-state index contributed by atoms with van der Waals surface area (Å²) in [6.07, 6.45) is 1.33. The molecule has 0 spiro atoms. The molecule has 30 heavy (non-hydrogen) atoms. The van der Waals surface area contributed by atoms with Gasteiger partial charge in [0.2, 0.25) is 5.91 Å². The van der Waals surface area contributed by atoms with E-state index in [4.69, 9.17) is 16.7 Å². The molecule has 9 heteroatoms. The minimum atomic E-state index is -0.867. The van der Waals surface area contributed by atoms with Gasteiger partial charge in [0.25, 0.3) is 0 Å². The van der Waals surface area contributed by atoms with Crippen molar-refractivity contribution in [1.82, 2.24) is 14.8 Å². The van der Waals surface area contributed by atoms with Crippen molar-refractivity contribution in [2.75, 3.05) is 49.9 Å². The third kappa shape index (κ3) is 5.52. The lowest BCUT2D eigenvalue weighted by molar-refractivity contribution is -0.116. The average molecular weight is 434 g/mol. The summed E-state index contributed by atoms with van der Waals surface area (Å²) >= 11 is 6.42. The van der Waals surface area contributed by atoms with Gasteiger partial charge in [0.1, 0.15) is 5.69 Å². The van der Waals surface area contributed by atoms with Crippen LogP contribution in [0, 0.1) is 0 Å². The number of amides is 2. The predicted molar refractivity (Wildman–Crippen MR) is 119 cm³/mol. The Bertz CT molecular complexity index is 900. The molecule has 1 aromatic carbocycles. The third-order valence-corrected chi connectivity index (χ3v) is 5.52. The molecule has 3 rings (SSSR count). The van der Waals surface area contributed by atoms with E-state index in [9.17, 15) is 9.59 Å². The minimum Gasteiger partial charge on any atom is -0.465 e. The van der Waals surface area contributed by atoms with E-state index in [2.05, 4.69) is 20.5 Å². The summed E-state index contributed by atoms with van der Waals surface area (Å²) in [5.41, 5.74) is 2.03. The van der Waals surface area contributed by atoms with Crippen LogP contribution in [0.1, 0.15) is 26.2 Å². The van der Waals surface area contributed by atoms with E-state index in [0.717, 1.165) is 36.0 Å². The van der Waals surface area contributed by atoms with E-state index in [-0.39, 0.29) is 11.1 Å². The van der Waals surface area contributed by atoms with Gasteiger partial charge >= 0.3 is 6.09 Å². The fourth-order valence-electron chi connectivity index (χ4n) is 3.52. The van der Waals surface area contributed by atoms with E-state index < -0.39 is 6.09 Å². The standard InChI is InChI=1S/C21H28ClN5O3/c1-2-3-8-17(28)25-19-18(15-6-4-5-7-16(15)24-20(19)22)23-9-10-26-11-13-27(14-12-26)21(29)30/h4-7H,2-3,8-14H2,1H3,(H,23,24)(H,25,28)(H,29,30). The molecule has 0 atom stereocenters. The number of nitrogens with one attached hydrogen (secondary N) is 2. The molecule has 162 valence electrons. The number of rotatable bonds is 8. The maximum Gasteiger partial charge on any atom is 0.407 e. The number of unbranched alkanes of at least 4 members (excludes halogenated alkanes) is 1. The van der Waals surface area contributed by atoms with Crippen molar-refractivity contribution in [3.63, 3.8) is 0 Å². The Morgan fingerprint density at radius 3 is 2.60 bits per heavy atom. The van der Waals surface area contributed by atoms with Crippen LogP contribution in [0.5, 0.6) is 0 Å². The Morgan fingerprint density at radius 1 is 1.17 bits per heavy atom. The van der Waals surface area contributed by atoms with E-state index >= 15 is 0 Å². The first-order valence-corrected chi connectivity index (χ1v) is 10.7. The molecule has 2 heterocycles. The van der Waals surface area contributed by atoms with E-state index in [0.29, 0.717) is 44.8 Å². The fourth-order valence-corrected chi connectivity index (χ4v) is 3.75. The van der Waals surface area contributed by atoms with Gasteiger partial charge in [-0.15, -0.1) is 0 Å². The van der Waals surface area contributed by atoms with Crippen LogP contribution < -0.4 is 10.6 Å². The topological polar surface area (TPSA) is 97.8 Å². The number of hydrogen-bond donors (Lipinski definition) is 3. The number of carbonyl (C=O) groups excluding carboxylic acids is 1. The van der Waals surface area contributed by atoms with Crippen molar-refractivity contribution < 1.29 is 14.7 Å². The highest BCUT2D eigenvalue weighted by Crippen LogP contribution is 2.35. The number of halogens is 1. The van der Waals surface area contributed by atoms with Crippen LogP contribution in [0.15, 0.2) is 24.3 Å². The van der Waals surface area contributed by atoms with Crippen LogP contribution in [-0.2, 0) is 4.79 Å². The molecule has 2 amide bonds. The van der Waals surface area contributed by atoms with Gasteiger partial charge in [-0.05, 0) is 12.5 Å². The molecule has 1 saturated heterocycles. The van der Waals surface area contributed by atoms with Gasteiger partial charge in [-0.3, -0.25) is 9.69 Å². The molecular weight excluding hydrogens is 406 g/mol. The zero-order valence-electron chi connectivity index (χ0n) is 17.2. The Kier molecular flexibility index (Phi) is 7.70. The van der Waals surface area contributed by atoms with E-state index in [1.807, 2.05) is 31.2 Å². The lowest BCUT2D eigenvalue weighted by Gasteiger charge is -2.33. The quantitative estimate of drug-likeness (QED) is 0.549. The van der Waals surface area contributed by atoms with Gasteiger partial charge in [0.15, 0.2) is 5.15 Å². The normalized spacial score (nSPS) is 14.7. The molecule has 3 N–H and O–H groups in total. The Labute approximate surface area is 181 Å². The summed E-state index contributed by atoms with van der Waals surface area (Å²) < 4.78 is 0. The van der Waals surface area contributed by atoms with Crippen molar-refractivity contribution in [2.45, 2.75) is 26.2 Å². The van der Waals surface area contributed by atoms with Crippen molar-refractivity contribution in [3.05, 3.63) is 29.4 Å². The number of pyridine rings is 1. The van der Waals surface area contributed by atoms with Crippen molar-refractivity contribution in [3.8, 4) is 0 Å². The van der Waals surface area contributed by atoms with Crippen LogP contribution in [0.25, 0.3) is 10.9 Å². The number of nitrogens with zero attached hydrogens (tertiary/aromatic N) is 3. The lowest BCUT2D eigenvalue weighted by Crippen LogP contribution is -2.49. The summed E-state index contributed by atoms with van der Waals surface area (Å²) in [6, 6.07) is 7.67. The SMILES string of the molecule is CCCCC(=O)Nc1c(Cl)nc2ccccc2c1NCCN1CCN(C(=O)O)CC1. The number of fused-ring (bicyclic) bond motifs is 1. The van der Waals surface area contributed by atoms with Crippen LogP contribution in [-0.4, -0.2) is 71.2 Å². The number of para-hydroxylation sites is 1. The zero-order valence-corrected chi connectivity index (χ0v) is 17.9. The summed E-state index contributed by atoms with van der Waals surface area (Å²) in [6.45, 7) is 5.86. The summed E-state index contributed by atoms with van der Waals surface area (Å²) in [5, 5.41) is 16.6. The predicted octanol–water partition coefficient (Wildman–Crippen LogP) is 3.72. The number of piperazine rings is 1. The van der Waals surface area contributed by atoms with Crippen molar-refractivity contribution in [2.24, 2.45) is 0 Å². The number of anilines is 2. The second-order valence-corrected chi connectivity index (χ2v) is 7.72. The molecule has 0 aliphatic carbocycles. The first-order valence-electron chi connectivity index (χ1n) is 10.3. The molecule has 1 fully saturated rings. The molecule has 0 bridgehead atoms. The largest absolute Gasteiger partial charge is 0.465 e. The molecule has 0 unspecified atom stereocenters. The molecule has 1 aliphatic heterocycles. The number of benzene rings is 1. The van der Waals surface area contributed by atoms with Crippen LogP contribution in [0.3, 0.4) is 0 Å². The third-order valence-electron chi connectivity index (χ3n) is 5.24. The highest BCUT2D eigenvalue weighted by molar-refractivity contribution is 6.34. The Hall–Kier alpha value is -2.58. The number of carbonyl (C=O) groups is 2. The van der Waals surface area contributed by atoms with Gasteiger partial charge in [-0.2, -0.15) is 0 Å². The Morgan fingerprint density at radius 2 is 1.90 bits per heavy atom. The van der Waals surface area contributed by atoms with Crippen LogP contribution >= 0.6 is 11.6 Å². The van der Waals surface area contributed by atoms with Crippen LogP contribution in [0.4, 0.5) is 16.2 Å². The number of hydrogen-bond acceptors (Lipinski definition) is 5. The highest BCUT2D eigenvalue weighted by atomic mass is 35.5. The Balaban J connectivity index is 1.72. The monoisotopic (exact) mass is 433 g/mol. The maximum absolute atomic E-state index is 12.3. The molecule has 0 saturated carbocycles. The summed E-state index contributed by atoms with van der Waals surface area (Å²) in [7, 11) is 0. The number of aromatic nitrogens is 1. The first-order chi connectivity index (χ1) is 14.5. The average Bonchev–Trinajstić information content (AvgIpc) is 2.74. The zero-order chi connectivity index (χ0) is 21.5. The minimum absolute atomic E-state index is 0.0799. The van der Waals surface area contributed by atoms with E-state index in [1.165, 1.54) is 4.90 Å². The second kappa shape index (κ2) is 10.4. The molecule has 1 aromatic heterocycles. The van der Waals surface area contributed by atoms with Gasteiger partial charge < -0.3 is 20.6 Å². The lowest BCUT2D eigenvalue weighted by atomic mass is 10.1. The van der Waals surface area contributed by atoms with Gasteiger partial charge in [-0.25, -0.2) is 9.78 Å². The fraction of sp³-hybridized carbons (Fsp3) is 0.476. The molecule has 1 aliphatic rings. The molecule has 2 aromatic rings. The van der Waals surface area contributed by atoms with Crippen molar-refractivity contribution >= 4 is 45.9 Å². The number of carboxylic acid groups (broad SMARTS) is 1. The molecule has 0 radical (unpaired) electrons. The molecule has 8 nitrogen and oxygen atoms in total. The summed E-state index contributed by atoms with van der Waals surface area (Å²) in [4.78, 5) is 31.5. The highest BCUT2D eigenvalue weighted by Gasteiger charge is 2.20. The maximum atomic E-state index is 12.3. The van der Waals surface area contributed by atoms with E-state index in [1.54, 1.807) is 0 Å². The summed E-state index contributed by atoms with van der Waals surface area (Å²) in [5.74, 6) is -0.0799. The van der Waals surface area contributed by atoms with Gasteiger partial charge in [0, 0.05) is 51.1 Å². The van der Waals surface area contributed by atoms with Gasteiger partial charge in [-0.1, -0.05) is 43.1 Å². The van der Waals surface area contributed by atoms with Crippen LogP contribution in [0.2, 0.25) is 5.15 Å². The second-order valence-electron chi connectivity index (χ2n) is 7.36.